The van der Waals surface area contributed by atoms with E-state index < -0.39 is 41.8 Å². The van der Waals surface area contributed by atoms with E-state index in [-0.39, 0.29) is 25.7 Å². The molecule has 0 aliphatic heterocycles. The largest absolute Gasteiger partial charge is 0.480 e. The fourth-order valence-electron chi connectivity index (χ4n) is 3.76. The number of H-pyrrole nitrogens is 1. The van der Waals surface area contributed by atoms with Gasteiger partial charge >= 0.3 is 5.97 Å². The first-order chi connectivity index (χ1) is 16.7. The Morgan fingerprint density at radius 3 is 2.23 bits per heavy atom. The van der Waals surface area contributed by atoms with Gasteiger partial charge in [0.15, 0.2) is 0 Å². The summed E-state index contributed by atoms with van der Waals surface area (Å²) < 4.78 is 0. The van der Waals surface area contributed by atoms with Gasteiger partial charge in [0, 0.05) is 36.4 Å². The number of aliphatic carboxylic acids is 1. The van der Waals surface area contributed by atoms with Crippen LogP contribution in [0.5, 0.6) is 0 Å². The van der Waals surface area contributed by atoms with Crippen molar-refractivity contribution in [1.82, 2.24) is 15.6 Å². The van der Waals surface area contributed by atoms with Crippen LogP contribution in [0.2, 0.25) is 0 Å². The van der Waals surface area contributed by atoms with Gasteiger partial charge in [-0.25, -0.2) is 4.79 Å². The van der Waals surface area contributed by atoms with Crippen molar-refractivity contribution in [2.24, 2.45) is 11.5 Å². The van der Waals surface area contributed by atoms with Crippen LogP contribution >= 0.6 is 0 Å². The molecule has 0 bridgehead atoms. The first kappa shape index (κ1) is 25.4. The van der Waals surface area contributed by atoms with Crippen LogP contribution in [-0.2, 0) is 32.0 Å². The van der Waals surface area contributed by atoms with Crippen molar-refractivity contribution in [1.29, 1.82) is 0 Å². The summed E-state index contributed by atoms with van der Waals surface area (Å²) in [6, 6.07) is 13.0. The predicted molar refractivity (Wildman–Crippen MR) is 130 cm³/mol. The van der Waals surface area contributed by atoms with E-state index in [0.717, 1.165) is 22.0 Å². The molecular weight excluding hydrogens is 450 g/mol. The van der Waals surface area contributed by atoms with Gasteiger partial charge in [-0.05, 0) is 23.6 Å². The lowest BCUT2D eigenvalue weighted by molar-refractivity contribution is -0.142. The monoisotopic (exact) mass is 479 g/mol. The van der Waals surface area contributed by atoms with Gasteiger partial charge in [-0.15, -0.1) is 0 Å². The molecule has 0 unspecified atom stereocenters. The quantitative estimate of drug-likeness (QED) is 0.221. The maximum absolute atomic E-state index is 13.2. The average Bonchev–Trinajstić information content (AvgIpc) is 3.24. The molecular formula is C25H29N5O5. The zero-order chi connectivity index (χ0) is 25.4. The molecule has 3 atom stereocenters. The molecule has 10 nitrogen and oxygen atoms in total. The highest BCUT2D eigenvalue weighted by Crippen LogP contribution is 2.19. The van der Waals surface area contributed by atoms with Crippen LogP contribution in [0.3, 0.4) is 0 Å². The van der Waals surface area contributed by atoms with E-state index in [9.17, 15) is 24.3 Å². The van der Waals surface area contributed by atoms with Crippen LogP contribution in [0.1, 0.15) is 24.0 Å². The molecule has 8 N–H and O–H groups in total. The number of carbonyl (C=O) groups is 4. The molecule has 184 valence electrons. The molecule has 0 aliphatic rings. The summed E-state index contributed by atoms with van der Waals surface area (Å²) >= 11 is 0. The molecule has 2 aromatic carbocycles. The van der Waals surface area contributed by atoms with E-state index in [1.807, 2.05) is 30.3 Å². The van der Waals surface area contributed by atoms with Crippen LogP contribution in [0, 0.1) is 0 Å². The normalized spacial score (nSPS) is 13.5. The highest BCUT2D eigenvalue weighted by Gasteiger charge is 2.29. The van der Waals surface area contributed by atoms with E-state index in [1.165, 1.54) is 0 Å². The van der Waals surface area contributed by atoms with E-state index >= 15 is 0 Å². The molecule has 3 aromatic rings. The number of aromatic amines is 1. The van der Waals surface area contributed by atoms with Gasteiger partial charge in [-0.3, -0.25) is 14.4 Å². The molecule has 3 amide bonds. The lowest BCUT2D eigenvalue weighted by atomic mass is 10.0. The number of rotatable bonds is 12. The summed E-state index contributed by atoms with van der Waals surface area (Å²) in [6.07, 6.45) is 1.86. The van der Waals surface area contributed by atoms with Crippen molar-refractivity contribution in [2.75, 3.05) is 0 Å². The Bertz CT molecular complexity index is 1190. The minimum Gasteiger partial charge on any atom is -0.480 e. The number of carboxylic acid groups (broad SMARTS) is 1. The molecule has 1 aromatic heterocycles. The van der Waals surface area contributed by atoms with Crippen molar-refractivity contribution in [2.45, 2.75) is 43.8 Å². The Kier molecular flexibility index (Phi) is 8.58. The minimum absolute atomic E-state index is 0.0222. The standard InChI is InChI=1S/C25H29N5O5/c26-18(10-11-22(27)31)23(32)29-20(13-16-14-28-19-9-5-4-8-17(16)19)24(33)30-21(25(34)35)12-15-6-2-1-3-7-15/h1-9,14,18,20-21,28H,10-13,26H2,(H2,27,31)(H,29,32)(H,30,33)(H,34,35)/t18-,20+,21-/m0/s1. The van der Waals surface area contributed by atoms with Gasteiger partial charge in [0.25, 0.3) is 0 Å². The molecule has 35 heavy (non-hydrogen) atoms. The number of nitrogens with one attached hydrogen (secondary N) is 3. The number of aromatic nitrogens is 1. The molecule has 0 saturated carbocycles. The topological polar surface area (TPSA) is 180 Å². The molecule has 3 rings (SSSR count). The third-order valence-corrected chi connectivity index (χ3v) is 5.67. The maximum atomic E-state index is 13.2. The van der Waals surface area contributed by atoms with E-state index in [2.05, 4.69) is 15.6 Å². The van der Waals surface area contributed by atoms with Gasteiger partial charge in [0.1, 0.15) is 12.1 Å². The van der Waals surface area contributed by atoms with Crippen molar-refractivity contribution in [3.8, 4) is 0 Å². The predicted octanol–water partition coefficient (Wildman–Crippen LogP) is 0.600. The first-order valence-corrected chi connectivity index (χ1v) is 11.2. The number of carbonyl (C=O) groups excluding carboxylic acids is 3. The number of nitrogens with two attached hydrogens (primary N) is 2. The third kappa shape index (κ3) is 7.15. The van der Waals surface area contributed by atoms with Gasteiger partial charge in [-0.2, -0.15) is 0 Å². The number of primary amides is 1. The average molecular weight is 480 g/mol. The van der Waals surface area contributed by atoms with E-state index in [4.69, 9.17) is 11.5 Å². The molecule has 0 aliphatic carbocycles. The summed E-state index contributed by atoms with van der Waals surface area (Å²) in [7, 11) is 0. The SMILES string of the molecule is NC(=O)CC[C@H](N)C(=O)N[C@H](Cc1c[nH]c2ccccc12)C(=O)N[C@@H](Cc1ccccc1)C(=O)O. The van der Waals surface area contributed by atoms with E-state index in [1.54, 1.807) is 30.5 Å². The Hall–Kier alpha value is -4.18. The number of carboxylic acids is 1. The molecule has 0 radical (unpaired) electrons. The number of hydrogen-bond donors (Lipinski definition) is 6. The Morgan fingerprint density at radius 1 is 0.886 bits per heavy atom. The Balaban J connectivity index is 1.79. The van der Waals surface area contributed by atoms with Gasteiger partial charge in [0.05, 0.1) is 6.04 Å². The van der Waals surface area contributed by atoms with Crippen LogP contribution in [0.25, 0.3) is 10.9 Å². The number of benzene rings is 2. The smallest absolute Gasteiger partial charge is 0.326 e. The number of para-hydroxylation sites is 1. The summed E-state index contributed by atoms with van der Waals surface area (Å²) in [5, 5.41) is 15.7. The van der Waals surface area contributed by atoms with Gasteiger partial charge in [-0.1, -0.05) is 48.5 Å². The summed E-state index contributed by atoms with van der Waals surface area (Å²) in [4.78, 5) is 51.9. The summed E-state index contributed by atoms with van der Waals surface area (Å²) in [6.45, 7) is 0. The third-order valence-electron chi connectivity index (χ3n) is 5.67. The molecule has 1 heterocycles. The molecule has 0 spiro atoms. The number of fused-ring (bicyclic) bond motifs is 1. The van der Waals surface area contributed by atoms with Crippen LogP contribution < -0.4 is 22.1 Å². The summed E-state index contributed by atoms with van der Waals surface area (Å²) in [5.41, 5.74) is 13.4. The zero-order valence-electron chi connectivity index (χ0n) is 19.1. The highest BCUT2D eigenvalue weighted by atomic mass is 16.4. The van der Waals surface area contributed by atoms with Gasteiger partial charge < -0.3 is 32.2 Å². The van der Waals surface area contributed by atoms with Crippen LogP contribution in [0.15, 0.2) is 60.8 Å². The number of hydrogen-bond acceptors (Lipinski definition) is 5. The molecule has 0 saturated heterocycles. The second-order valence-electron chi connectivity index (χ2n) is 8.33. The lowest BCUT2D eigenvalue weighted by Crippen LogP contribution is -2.55. The molecule has 10 heteroatoms. The second kappa shape index (κ2) is 11.8. The molecule has 0 fully saturated rings. The summed E-state index contributed by atoms with van der Waals surface area (Å²) in [5.74, 6) is -3.08. The zero-order valence-corrected chi connectivity index (χ0v) is 19.1. The maximum Gasteiger partial charge on any atom is 0.326 e. The van der Waals surface area contributed by atoms with E-state index in [0.29, 0.717) is 0 Å². The fourth-order valence-corrected chi connectivity index (χ4v) is 3.76. The fraction of sp³-hybridized carbons (Fsp3) is 0.280. The van der Waals surface area contributed by atoms with Crippen LogP contribution in [0.4, 0.5) is 0 Å². The van der Waals surface area contributed by atoms with Crippen molar-refractivity contribution >= 4 is 34.6 Å². The first-order valence-electron chi connectivity index (χ1n) is 11.2. The highest BCUT2D eigenvalue weighted by molar-refractivity contribution is 5.93. The second-order valence-corrected chi connectivity index (χ2v) is 8.33. The van der Waals surface area contributed by atoms with Gasteiger partial charge in [0.2, 0.25) is 17.7 Å². The van der Waals surface area contributed by atoms with Crippen LogP contribution in [-0.4, -0.2) is 51.9 Å². The van der Waals surface area contributed by atoms with Crippen molar-refractivity contribution in [3.05, 3.63) is 71.9 Å². The number of amides is 3. The minimum atomic E-state index is -1.20. The Morgan fingerprint density at radius 2 is 1.54 bits per heavy atom. The Labute approximate surface area is 202 Å². The van der Waals surface area contributed by atoms with Crippen molar-refractivity contribution < 1.29 is 24.3 Å². The lowest BCUT2D eigenvalue weighted by Gasteiger charge is -2.23. The van der Waals surface area contributed by atoms with Crippen molar-refractivity contribution in [3.63, 3.8) is 0 Å².